The van der Waals surface area contributed by atoms with Crippen molar-refractivity contribution in [3.8, 4) is 12.3 Å². The number of imidazole rings is 1. The summed E-state index contributed by atoms with van der Waals surface area (Å²) in [6.45, 7) is -0.113. The van der Waals surface area contributed by atoms with E-state index in [0.29, 0.717) is 17.0 Å². The van der Waals surface area contributed by atoms with Gasteiger partial charge in [0.2, 0.25) is 0 Å². The zero-order valence-corrected chi connectivity index (χ0v) is 11.5. The van der Waals surface area contributed by atoms with Gasteiger partial charge in [0.1, 0.15) is 24.6 Å². The fraction of sp³-hybridized carbons (Fsp3) is 0.462. The second kappa shape index (κ2) is 5.86. The summed E-state index contributed by atoms with van der Waals surface area (Å²) in [5, 5.41) is 32.0. The number of rotatable bonds is 4. The number of aliphatic hydroxyl groups excluding tert-OH is 3. The highest BCUT2D eigenvalue weighted by Crippen LogP contribution is 2.31. The third kappa shape index (κ3) is 2.28. The van der Waals surface area contributed by atoms with Crippen molar-refractivity contribution in [3.05, 3.63) is 12.7 Å². The van der Waals surface area contributed by atoms with Crippen LogP contribution in [0.15, 0.2) is 12.7 Å². The Morgan fingerprint density at radius 3 is 2.82 bits per heavy atom. The number of ether oxygens (including phenoxy) is 1. The van der Waals surface area contributed by atoms with E-state index in [0.717, 1.165) is 0 Å². The Morgan fingerprint density at radius 2 is 2.14 bits per heavy atom. The van der Waals surface area contributed by atoms with Crippen molar-refractivity contribution >= 4 is 17.0 Å². The highest BCUT2D eigenvalue weighted by molar-refractivity contribution is 5.82. The van der Waals surface area contributed by atoms with Crippen LogP contribution in [0.25, 0.3) is 11.2 Å². The van der Waals surface area contributed by atoms with Crippen LogP contribution in [0.2, 0.25) is 0 Å². The summed E-state index contributed by atoms with van der Waals surface area (Å²) in [6.07, 6.45) is 3.82. The van der Waals surface area contributed by atoms with Crippen LogP contribution in [0, 0.1) is 12.3 Å². The number of fused-ring (bicyclic) bond motifs is 1. The number of terminal acetylenes is 1. The largest absolute Gasteiger partial charge is 0.394 e. The van der Waals surface area contributed by atoms with E-state index in [1.54, 1.807) is 0 Å². The molecule has 0 amide bonds. The van der Waals surface area contributed by atoms with Crippen molar-refractivity contribution in [2.45, 2.75) is 24.5 Å². The van der Waals surface area contributed by atoms with Crippen molar-refractivity contribution < 1.29 is 20.1 Å². The van der Waals surface area contributed by atoms with Gasteiger partial charge < -0.3 is 25.4 Å². The predicted molar refractivity (Wildman–Crippen MR) is 75.7 cm³/mol. The van der Waals surface area contributed by atoms with Gasteiger partial charge in [0.05, 0.1) is 19.5 Å². The Balaban J connectivity index is 1.97. The smallest absolute Gasteiger partial charge is 0.167 e. The highest BCUT2D eigenvalue weighted by Gasteiger charge is 2.43. The Kier molecular flexibility index (Phi) is 3.91. The zero-order valence-electron chi connectivity index (χ0n) is 11.5. The molecule has 0 aliphatic carbocycles. The third-order valence-electron chi connectivity index (χ3n) is 3.51. The minimum Gasteiger partial charge on any atom is -0.394 e. The van der Waals surface area contributed by atoms with Gasteiger partial charge in [-0.05, 0) is 0 Å². The lowest BCUT2D eigenvalue weighted by atomic mass is 10.1. The van der Waals surface area contributed by atoms with E-state index in [2.05, 4.69) is 26.2 Å². The molecule has 116 valence electrons. The van der Waals surface area contributed by atoms with Gasteiger partial charge in [-0.3, -0.25) is 4.57 Å². The summed E-state index contributed by atoms with van der Waals surface area (Å²) in [7, 11) is 0. The van der Waals surface area contributed by atoms with E-state index in [4.69, 9.17) is 16.3 Å². The number of nitrogens with zero attached hydrogens (tertiary/aromatic N) is 4. The first-order valence-electron chi connectivity index (χ1n) is 6.64. The van der Waals surface area contributed by atoms with Crippen LogP contribution in [0.3, 0.4) is 0 Å². The van der Waals surface area contributed by atoms with E-state index < -0.39 is 31.1 Å². The fourth-order valence-corrected chi connectivity index (χ4v) is 2.41. The first kappa shape index (κ1) is 14.7. The maximum absolute atomic E-state index is 10.1. The SMILES string of the molecule is C#CCNc1ncnc2c1ncn2[C@@H]1O[C@H](CO)[C@H](O)C1O. The van der Waals surface area contributed by atoms with Crippen molar-refractivity contribution in [1.82, 2.24) is 19.5 Å². The summed E-state index contributed by atoms with van der Waals surface area (Å²) in [6, 6.07) is 0. The lowest BCUT2D eigenvalue weighted by Crippen LogP contribution is -2.33. The zero-order chi connectivity index (χ0) is 15.7. The first-order chi connectivity index (χ1) is 10.7. The van der Waals surface area contributed by atoms with Crippen LogP contribution in [-0.2, 0) is 4.74 Å². The second-order valence-corrected chi connectivity index (χ2v) is 4.83. The van der Waals surface area contributed by atoms with E-state index in [1.807, 2.05) is 0 Å². The molecule has 2 aromatic rings. The highest BCUT2D eigenvalue weighted by atomic mass is 16.6. The predicted octanol–water partition coefficient (Wildman–Crippen LogP) is -1.52. The van der Waals surface area contributed by atoms with E-state index in [1.165, 1.54) is 17.2 Å². The average Bonchev–Trinajstić information content (AvgIpc) is 3.08. The summed E-state index contributed by atoms with van der Waals surface area (Å²) >= 11 is 0. The van der Waals surface area contributed by atoms with Crippen molar-refractivity contribution in [2.24, 2.45) is 0 Å². The third-order valence-corrected chi connectivity index (χ3v) is 3.51. The molecule has 0 saturated carbocycles. The van der Waals surface area contributed by atoms with Gasteiger partial charge >= 0.3 is 0 Å². The van der Waals surface area contributed by atoms with E-state index in [9.17, 15) is 10.2 Å². The normalized spacial score (nSPS) is 27.9. The Morgan fingerprint density at radius 1 is 1.32 bits per heavy atom. The van der Waals surface area contributed by atoms with E-state index >= 15 is 0 Å². The molecule has 9 heteroatoms. The van der Waals surface area contributed by atoms with Gasteiger partial charge in [-0.25, -0.2) is 15.0 Å². The molecule has 2 aromatic heterocycles. The molecule has 3 heterocycles. The molecule has 1 aliphatic heterocycles. The molecule has 1 saturated heterocycles. The molecule has 0 radical (unpaired) electrons. The summed E-state index contributed by atoms with van der Waals surface area (Å²) in [5.74, 6) is 2.90. The monoisotopic (exact) mass is 305 g/mol. The molecule has 1 unspecified atom stereocenters. The van der Waals surface area contributed by atoms with Crippen LogP contribution >= 0.6 is 0 Å². The van der Waals surface area contributed by atoms with Crippen molar-refractivity contribution in [1.29, 1.82) is 0 Å². The first-order valence-corrected chi connectivity index (χ1v) is 6.64. The molecular formula is C13H15N5O4. The van der Waals surface area contributed by atoms with Crippen LogP contribution in [0.1, 0.15) is 6.23 Å². The number of hydrogen-bond donors (Lipinski definition) is 4. The number of nitrogens with one attached hydrogen (secondary N) is 1. The van der Waals surface area contributed by atoms with Gasteiger partial charge in [0.25, 0.3) is 0 Å². The molecular weight excluding hydrogens is 290 g/mol. The molecule has 22 heavy (non-hydrogen) atoms. The Hall–Kier alpha value is -2.25. The molecule has 1 aliphatic rings. The fourth-order valence-electron chi connectivity index (χ4n) is 2.41. The summed E-state index contributed by atoms with van der Waals surface area (Å²) in [5.41, 5.74) is 0.889. The van der Waals surface area contributed by atoms with Gasteiger partial charge in [-0.15, -0.1) is 6.42 Å². The van der Waals surface area contributed by atoms with Crippen LogP contribution in [0.5, 0.6) is 0 Å². The second-order valence-electron chi connectivity index (χ2n) is 4.83. The lowest BCUT2D eigenvalue weighted by molar-refractivity contribution is -0.0511. The topological polar surface area (TPSA) is 126 Å². The molecule has 4 atom stereocenters. The van der Waals surface area contributed by atoms with Gasteiger partial charge in [-0.2, -0.15) is 0 Å². The molecule has 0 bridgehead atoms. The van der Waals surface area contributed by atoms with E-state index in [-0.39, 0.29) is 6.54 Å². The van der Waals surface area contributed by atoms with Crippen molar-refractivity contribution in [2.75, 3.05) is 18.5 Å². The molecule has 9 nitrogen and oxygen atoms in total. The quantitative estimate of drug-likeness (QED) is 0.502. The molecule has 0 spiro atoms. The van der Waals surface area contributed by atoms with Crippen LogP contribution in [-0.4, -0.2) is 66.3 Å². The number of hydrogen-bond acceptors (Lipinski definition) is 8. The number of anilines is 1. The summed E-state index contributed by atoms with van der Waals surface area (Å²) < 4.78 is 6.96. The Bertz CT molecular complexity index is 712. The van der Waals surface area contributed by atoms with Crippen LogP contribution < -0.4 is 5.32 Å². The number of aromatic nitrogens is 4. The molecule has 1 fully saturated rings. The van der Waals surface area contributed by atoms with Gasteiger partial charge in [-0.1, -0.05) is 5.92 Å². The average molecular weight is 305 g/mol. The standard InChI is InChI=1S/C13H15N5O4/c1-2-3-14-11-8-12(16-5-15-11)18(6-17-8)13-10(21)9(20)7(4-19)22-13/h1,5-7,9-10,13,19-21H,3-4H2,(H,14,15,16)/t7-,9+,10?,13-/m1/s1. The lowest BCUT2D eigenvalue weighted by Gasteiger charge is -2.16. The summed E-state index contributed by atoms with van der Waals surface area (Å²) in [4.78, 5) is 12.4. The van der Waals surface area contributed by atoms with Crippen LogP contribution in [0.4, 0.5) is 5.82 Å². The van der Waals surface area contributed by atoms with Crippen molar-refractivity contribution in [3.63, 3.8) is 0 Å². The molecule has 4 N–H and O–H groups in total. The molecule has 3 rings (SSSR count). The maximum Gasteiger partial charge on any atom is 0.167 e. The molecule has 0 aromatic carbocycles. The minimum absolute atomic E-state index is 0.285. The van der Waals surface area contributed by atoms with Gasteiger partial charge in [0.15, 0.2) is 23.2 Å². The van der Waals surface area contributed by atoms with Gasteiger partial charge in [0, 0.05) is 0 Å². The number of aliphatic hydroxyl groups is 3. The Labute approximate surface area is 125 Å². The minimum atomic E-state index is -1.20. The maximum atomic E-state index is 10.1.